The number of methoxy groups -OCH3 is 1. The Labute approximate surface area is 201 Å². The number of hydrogen-bond donors (Lipinski definition) is 1. The quantitative estimate of drug-likeness (QED) is 0.527. The van der Waals surface area contributed by atoms with E-state index in [1.54, 1.807) is 29.2 Å². The first-order valence-electron chi connectivity index (χ1n) is 10.7. The van der Waals surface area contributed by atoms with Crippen molar-refractivity contribution >= 4 is 34.9 Å². The first-order chi connectivity index (χ1) is 16.4. The summed E-state index contributed by atoms with van der Waals surface area (Å²) in [6.07, 6.45) is 0.606. The van der Waals surface area contributed by atoms with Crippen LogP contribution in [0.25, 0.3) is 0 Å². The Kier molecular flexibility index (Phi) is 7.34. The van der Waals surface area contributed by atoms with Crippen LogP contribution in [0.4, 0.5) is 15.9 Å². The Bertz CT molecular complexity index is 1140. The zero-order valence-electron chi connectivity index (χ0n) is 18.4. The van der Waals surface area contributed by atoms with E-state index in [1.807, 2.05) is 29.2 Å². The maximum absolute atomic E-state index is 13.4. The molecular weight excluding hydrogens is 461 g/mol. The topological polar surface area (TPSA) is 87.7 Å². The van der Waals surface area contributed by atoms with Gasteiger partial charge in [-0.15, -0.1) is 10.2 Å². The number of halogens is 2. The molecule has 0 saturated carbocycles. The molecule has 1 N–H and O–H groups in total. The number of nitrogens with one attached hydrogen (secondary N) is 1. The van der Waals surface area contributed by atoms with E-state index in [9.17, 15) is 14.0 Å². The van der Waals surface area contributed by atoms with Gasteiger partial charge in [-0.1, -0.05) is 23.7 Å². The van der Waals surface area contributed by atoms with Crippen LogP contribution in [-0.2, 0) is 16.0 Å². The number of hydrogen-bond acceptors (Lipinski definition) is 6. The smallest absolute Gasteiger partial charge is 0.246 e. The molecule has 3 aromatic rings. The van der Waals surface area contributed by atoms with Gasteiger partial charge in [0.15, 0.2) is 5.82 Å². The molecule has 8 nitrogen and oxygen atoms in total. The molecule has 0 aliphatic carbocycles. The number of amides is 2. The number of benzene rings is 2. The number of carbonyl (C=O) groups excluding carboxylic acids is 2. The molecule has 2 heterocycles. The standard InChI is InChI=1S/C24H23ClFN5O3/c1-34-23-11-10-21(28-29-23)27-22(32)14-20-24(33)31(19-8-6-18(26)7-9-19)15-30(20)13-12-16-2-4-17(25)5-3-16/h2-11,20H,12-15H2,1H3,(H,27,28,32). The second-order valence-corrected chi connectivity index (χ2v) is 8.24. The van der Waals surface area contributed by atoms with Crippen molar-refractivity contribution in [1.82, 2.24) is 15.1 Å². The second kappa shape index (κ2) is 10.6. The van der Waals surface area contributed by atoms with Gasteiger partial charge in [0.25, 0.3) is 0 Å². The summed E-state index contributed by atoms with van der Waals surface area (Å²) < 4.78 is 18.4. The number of aromatic nitrogens is 2. The van der Waals surface area contributed by atoms with E-state index in [2.05, 4.69) is 15.5 Å². The number of rotatable bonds is 8. The number of ether oxygens (including phenoxy) is 1. The molecule has 1 atom stereocenters. The van der Waals surface area contributed by atoms with Crippen LogP contribution in [0.3, 0.4) is 0 Å². The van der Waals surface area contributed by atoms with Crippen molar-refractivity contribution in [2.75, 3.05) is 30.5 Å². The van der Waals surface area contributed by atoms with Gasteiger partial charge in [-0.25, -0.2) is 4.39 Å². The van der Waals surface area contributed by atoms with Gasteiger partial charge in [0, 0.05) is 23.3 Å². The van der Waals surface area contributed by atoms with E-state index in [0.29, 0.717) is 36.2 Å². The third-order valence-electron chi connectivity index (χ3n) is 5.55. The van der Waals surface area contributed by atoms with Gasteiger partial charge in [0.1, 0.15) is 5.82 Å². The molecule has 0 spiro atoms. The average Bonchev–Trinajstić information content (AvgIpc) is 3.14. The molecule has 1 unspecified atom stereocenters. The minimum absolute atomic E-state index is 0.0646. The van der Waals surface area contributed by atoms with E-state index in [4.69, 9.17) is 16.3 Å². The second-order valence-electron chi connectivity index (χ2n) is 7.80. The van der Waals surface area contributed by atoms with Crippen LogP contribution in [0.5, 0.6) is 5.88 Å². The first kappa shape index (κ1) is 23.6. The minimum atomic E-state index is -0.677. The van der Waals surface area contributed by atoms with Crippen LogP contribution in [0.2, 0.25) is 5.02 Å². The summed E-state index contributed by atoms with van der Waals surface area (Å²) in [4.78, 5) is 29.5. The molecule has 1 aliphatic rings. The van der Waals surface area contributed by atoms with Crippen LogP contribution in [0.1, 0.15) is 12.0 Å². The molecular formula is C24H23ClFN5O3. The highest BCUT2D eigenvalue weighted by Crippen LogP contribution is 2.26. The minimum Gasteiger partial charge on any atom is -0.480 e. The summed E-state index contributed by atoms with van der Waals surface area (Å²) in [6, 6.07) is 15.7. The van der Waals surface area contributed by atoms with E-state index in [-0.39, 0.29) is 29.9 Å². The molecule has 1 fully saturated rings. The van der Waals surface area contributed by atoms with Gasteiger partial charge in [-0.2, -0.15) is 0 Å². The van der Waals surface area contributed by atoms with Gasteiger partial charge in [0.2, 0.25) is 17.7 Å². The summed E-state index contributed by atoms with van der Waals surface area (Å²) in [5.74, 6) is -0.382. The molecule has 176 valence electrons. The van der Waals surface area contributed by atoms with E-state index in [1.165, 1.54) is 19.2 Å². The zero-order valence-corrected chi connectivity index (χ0v) is 19.2. The monoisotopic (exact) mass is 483 g/mol. The van der Waals surface area contributed by atoms with Crippen molar-refractivity contribution in [2.24, 2.45) is 0 Å². The van der Waals surface area contributed by atoms with Crippen LogP contribution >= 0.6 is 11.6 Å². The maximum atomic E-state index is 13.4. The molecule has 2 amide bonds. The molecule has 0 bridgehead atoms. The van der Waals surface area contributed by atoms with Gasteiger partial charge in [-0.3, -0.25) is 19.4 Å². The molecule has 10 heteroatoms. The third-order valence-corrected chi connectivity index (χ3v) is 5.80. The molecule has 1 aromatic heterocycles. The number of nitrogens with zero attached hydrogens (tertiary/aromatic N) is 4. The van der Waals surface area contributed by atoms with Gasteiger partial charge in [0.05, 0.1) is 26.2 Å². The van der Waals surface area contributed by atoms with Crippen molar-refractivity contribution < 1.29 is 18.7 Å². The summed E-state index contributed by atoms with van der Waals surface area (Å²) in [6.45, 7) is 0.837. The van der Waals surface area contributed by atoms with E-state index < -0.39 is 6.04 Å². The van der Waals surface area contributed by atoms with Crippen molar-refractivity contribution in [3.05, 3.63) is 77.1 Å². The fourth-order valence-corrected chi connectivity index (χ4v) is 3.87. The lowest BCUT2D eigenvalue weighted by Crippen LogP contribution is -2.38. The molecule has 0 radical (unpaired) electrons. The molecule has 1 saturated heterocycles. The van der Waals surface area contributed by atoms with Crippen molar-refractivity contribution in [3.63, 3.8) is 0 Å². The third kappa shape index (κ3) is 5.67. The Hall–Kier alpha value is -3.56. The first-order valence-corrected chi connectivity index (χ1v) is 11.0. The molecule has 34 heavy (non-hydrogen) atoms. The highest BCUT2D eigenvalue weighted by molar-refractivity contribution is 6.30. The van der Waals surface area contributed by atoms with Gasteiger partial charge < -0.3 is 10.1 Å². The lowest BCUT2D eigenvalue weighted by atomic mass is 10.1. The summed E-state index contributed by atoms with van der Waals surface area (Å²) in [5, 5.41) is 11.0. The highest BCUT2D eigenvalue weighted by Gasteiger charge is 2.40. The SMILES string of the molecule is COc1ccc(NC(=O)CC2C(=O)N(c3ccc(F)cc3)CN2CCc2ccc(Cl)cc2)nn1. The van der Waals surface area contributed by atoms with Crippen LogP contribution in [-0.4, -0.2) is 53.3 Å². The summed E-state index contributed by atoms with van der Waals surface area (Å²) >= 11 is 5.97. The predicted octanol–water partition coefficient (Wildman–Crippen LogP) is 3.52. The van der Waals surface area contributed by atoms with Crippen molar-refractivity contribution in [2.45, 2.75) is 18.9 Å². The highest BCUT2D eigenvalue weighted by atomic mass is 35.5. The van der Waals surface area contributed by atoms with Gasteiger partial charge >= 0.3 is 0 Å². The Morgan fingerprint density at radius 3 is 2.50 bits per heavy atom. The fourth-order valence-electron chi connectivity index (χ4n) is 3.75. The van der Waals surface area contributed by atoms with E-state index in [0.717, 1.165) is 5.56 Å². The predicted molar refractivity (Wildman–Crippen MR) is 126 cm³/mol. The Morgan fingerprint density at radius 1 is 1.12 bits per heavy atom. The summed E-state index contributed by atoms with van der Waals surface area (Å²) in [7, 11) is 1.47. The van der Waals surface area contributed by atoms with Crippen molar-refractivity contribution in [3.8, 4) is 5.88 Å². The Balaban J connectivity index is 1.48. The lowest BCUT2D eigenvalue weighted by Gasteiger charge is -2.21. The van der Waals surface area contributed by atoms with Crippen LogP contribution in [0.15, 0.2) is 60.7 Å². The average molecular weight is 484 g/mol. The molecule has 1 aliphatic heterocycles. The lowest BCUT2D eigenvalue weighted by molar-refractivity contribution is -0.124. The number of anilines is 2. The van der Waals surface area contributed by atoms with Gasteiger partial charge in [-0.05, 0) is 54.4 Å². The molecule has 4 rings (SSSR count). The largest absolute Gasteiger partial charge is 0.480 e. The van der Waals surface area contributed by atoms with Crippen LogP contribution in [0, 0.1) is 5.82 Å². The number of carbonyl (C=O) groups is 2. The normalized spacial score (nSPS) is 16.0. The van der Waals surface area contributed by atoms with Crippen LogP contribution < -0.4 is 15.0 Å². The fraction of sp³-hybridized carbons (Fsp3) is 0.250. The maximum Gasteiger partial charge on any atom is 0.246 e. The molecule has 2 aromatic carbocycles. The van der Waals surface area contributed by atoms with E-state index >= 15 is 0 Å². The van der Waals surface area contributed by atoms with Crippen molar-refractivity contribution in [1.29, 1.82) is 0 Å². The Morgan fingerprint density at radius 2 is 1.85 bits per heavy atom. The zero-order chi connectivity index (χ0) is 24.1. The summed E-state index contributed by atoms with van der Waals surface area (Å²) in [5.41, 5.74) is 1.64.